The number of nitrogens with zero attached hydrogens (tertiary/aromatic N) is 1. The molecule has 6 nitrogen and oxygen atoms in total. The van der Waals surface area contributed by atoms with Gasteiger partial charge in [-0.3, -0.25) is 9.69 Å². The molecule has 1 amide bonds. The number of methoxy groups -OCH3 is 2. The van der Waals surface area contributed by atoms with E-state index in [0.29, 0.717) is 24.4 Å². The molecule has 0 unspecified atom stereocenters. The van der Waals surface area contributed by atoms with Gasteiger partial charge in [-0.05, 0) is 53.9 Å². The molecule has 1 aliphatic rings. The highest BCUT2D eigenvalue weighted by molar-refractivity contribution is 5.94. The Balaban J connectivity index is 1.50. The van der Waals surface area contributed by atoms with Crippen molar-refractivity contribution in [3.63, 3.8) is 0 Å². The Morgan fingerprint density at radius 3 is 2.38 bits per heavy atom. The Morgan fingerprint density at radius 2 is 1.76 bits per heavy atom. The van der Waals surface area contributed by atoms with Gasteiger partial charge in [0.25, 0.3) is 5.91 Å². The van der Waals surface area contributed by atoms with Crippen LogP contribution in [0.15, 0.2) is 36.4 Å². The predicted octanol–water partition coefficient (Wildman–Crippen LogP) is 3.09. The van der Waals surface area contributed by atoms with Gasteiger partial charge in [0, 0.05) is 31.7 Å². The number of hydrogen-bond donors (Lipinski definition) is 1. The number of benzene rings is 2. The second-order valence-electron chi connectivity index (χ2n) is 6.66. The largest absolute Gasteiger partial charge is 0.493 e. The molecular formula is C21H24F2N2O4. The van der Waals surface area contributed by atoms with E-state index in [1.165, 1.54) is 35.4 Å². The van der Waals surface area contributed by atoms with Gasteiger partial charge in [-0.1, -0.05) is 0 Å². The van der Waals surface area contributed by atoms with Crippen LogP contribution in [0.25, 0.3) is 0 Å². The Morgan fingerprint density at radius 1 is 1.10 bits per heavy atom. The minimum absolute atomic E-state index is 0.0237. The minimum atomic E-state index is -2.88. The number of alkyl halides is 2. The molecule has 0 atom stereocenters. The zero-order valence-electron chi connectivity index (χ0n) is 16.4. The van der Waals surface area contributed by atoms with Crippen LogP contribution in [0.1, 0.15) is 21.5 Å². The number of amides is 1. The van der Waals surface area contributed by atoms with Crippen LogP contribution in [-0.2, 0) is 13.0 Å². The summed E-state index contributed by atoms with van der Waals surface area (Å²) in [7, 11) is 3.24. The zero-order chi connectivity index (χ0) is 20.8. The van der Waals surface area contributed by atoms with Gasteiger partial charge >= 0.3 is 6.61 Å². The molecular weight excluding hydrogens is 382 g/mol. The summed E-state index contributed by atoms with van der Waals surface area (Å²) in [5.74, 6) is 1.21. The number of halogens is 2. The summed E-state index contributed by atoms with van der Waals surface area (Å²) in [6.45, 7) is -0.0445. The van der Waals surface area contributed by atoms with Crippen LogP contribution in [0.4, 0.5) is 8.78 Å². The van der Waals surface area contributed by atoms with Gasteiger partial charge < -0.3 is 19.5 Å². The van der Waals surface area contributed by atoms with Crippen molar-refractivity contribution in [1.29, 1.82) is 0 Å². The van der Waals surface area contributed by atoms with Crippen molar-refractivity contribution in [1.82, 2.24) is 10.2 Å². The van der Waals surface area contributed by atoms with Crippen molar-refractivity contribution in [2.24, 2.45) is 0 Å². The Hall–Kier alpha value is -2.87. The molecule has 0 aliphatic carbocycles. The number of carbonyl (C=O) groups excluding carboxylic acids is 1. The van der Waals surface area contributed by atoms with Crippen LogP contribution in [0, 0.1) is 0 Å². The number of carbonyl (C=O) groups is 1. The van der Waals surface area contributed by atoms with Crippen molar-refractivity contribution < 1.29 is 27.8 Å². The normalized spacial score (nSPS) is 13.7. The molecule has 156 valence electrons. The Bertz CT molecular complexity index is 843. The van der Waals surface area contributed by atoms with Gasteiger partial charge in [-0.2, -0.15) is 8.78 Å². The number of hydrogen-bond acceptors (Lipinski definition) is 5. The number of rotatable bonds is 8. The molecule has 1 heterocycles. The molecule has 0 spiro atoms. The molecule has 1 N–H and O–H groups in total. The van der Waals surface area contributed by atoms with Crippen molar-refractivity contribution in [3.8, 4) is 17.2 Å². The second kappa shape index (κ2) is 9.56. The summed E-state index contributed by atoms with van der Waals surface area (Å²) < 4.78 is 39.4. The smallest absolute Gasteiger partial charge is 0.387 e. The van der Waals surface area contributed by atoms with Gasteiger partial charge in [0.15, 0.2) is 11.5 Å². The SMILES string of the molecule is COc1cc2c(cc1OC)CN(CCNC(=O)c1ccc(OC(F)F)cc1)CC2. The summed E-state index contributed by atoms with van der Waals surface area (Å²) in [4.78, 5) is 14.5. The molecule has 29 heavy (non-hydrogen) atoms. The highest BCUT2D eigenvalue weighted by Gasteiger charge is 2.19. The van der Waals surface area contributed by atoms with E-state index in [1.807, 2.05) is 12.1 Å². The molecule has 2 aromatic rings. The molecule has 0 radical (unpaired) electrons. The van der Waals surface area contributed by atoms with E-state index >= 15 is 0 Å². The molecule has 0 saturated carbocycles. The maximum Gasteiger partial charge on any atom is 0.387 e. The lowest BCUT2D eigenvalue weighted by Gasteiger charge is -2.29. The first-order valence-electron chi connectivity index (χ1n) is 9.29. The lowest BCUT2D eigenvalue weighted by atomic mass is 9.99. The fourth-order valence-electron chi connectivity index (χ4n) is 3.35. The van der Waals surface area contributed by atoms with Crippen molar-refractivity contribution in [3.05, 3.63) is 53.1 Å². The average Bonchev–Trinajstić information content (AvgIpc) is 2.72. The summed E-state index contributed by atoms with van der Waals surface area (Å²) in [5.41, 5.74) is 2.83. The highest BCUT2D eigenvalue weighted by Crippen LogP contribution is 2.33. The minimum Gasteiger partial charge on any atom is -0.493 e. The zero-order valence-corrected chi connectivity index (χ0v) is 16.4. The summed E-state index contributed by atoms with van der Waals surface area (Å²) in [5, 5.41) is 2.86. The monoisotopic (exact) mass is 406 g/mol. The fourth-order valence-corrected chi connectivity index (χ4v) is 3.35. The fraction of sp³-hybridized carbons (Fsp3) is 0.381. The molecule has 2 aromatic carbocycles. The number of fused-ring (bicyclic) bond motifs is 1. The van der Waals surface area contributed by atoms with E-state index < -0.39 is 6.61 Å². The van der Waals surface area contributed by atoms with Gasteiger partial charge in [0.2, 0.25) is 0 Å². The quantitative estimate of drug-likeness (QED) is 0.730. The van der Waals surface area contributed by atoms with Crippen LogP contribution in [0.3, 0.4) is 0 Å². The van der Waals surface area contributed by atoms with E-state index in [1.54, 1.807) is 14.2 Å². The first kappa shape index (κ1) is 20.9. The van der Waals surface area contributed by atoms with E-state index in [4.69, 9.17) is 9.47 Å². The Kier molecular flexibility index (Phi) is 6.87. The summed E-state index contributed by atoms with van der Waals surface area (Å²) in [6.07, 6.45) is 0.898. The predicted molar refractivity (Wildman–Crippen MR) is 104 cm³/mol. The maximum atomic E-state index is 12.2. The number of nitrogens with one attached hydrogen (secondary N) is 1. The molecule has 0 bridgehead atoms. The lowest BCUT2D eigenvalue weighted by Crippen LogP contribution is -2.37. The van der Waals surface area contributed by atoms with E-state index in [2.05, 4.69) is 15.0 Å². The van der Waals surface area contributed by atoms with Crippen LogP contribution >= 0.6 is 0 Å². The molecule has 0 aromatic heterocycles. The molecule has 0 fully saturated rings. The summed E-state index contributed by atoms with van der Waals surface area (Å²) in [6, 6.07) is 9.65. The van der Waals surface area contributed by atoms with Crippen LogP contribution < -0.4 is 19.5 Å². The van der Waals surface area contributed by atoms with Gasteiger partial charge in [-0.25, -0.2) is 0 Å². The third-order valence-corrected chi connectivity index (χ3v) is 4.85. The lowest BCUT2D eigenvalue weighted by molar-refractivity contribution is -0.0498. The number of ether oxygens (including phenoxy) is 3. The molecule has 8 heteroatoms. The molecule has 0 saturated heterocycles. The Labute approximate surface area is 168 Å². The standard InChI is InChI=1S/C21H24F2N2O4/c1-27-18-11-15-7-9-25(13-16(15)12-19(18)28-2)10-8-24-20(26)14-3-5-17(6-4-14)29-21(22)23/h3-6,11-12,21H,7-10,13H2,1-2H3,(H,24,26). The first-order valence-corrected chi connectivity index (χ1v) is 9.29. The first-order chi connectivity index (χ1) is 14.0. The van der Waals surface area contributed by atoms with Gasteiger partial charge in [0.05, 0.1) is 14.2 Å². The van der Waals surface area contributed by atoms with Gasteiger partial charge in [-0.15, -0.1) is 0 Å². The van der Waals surface area contributed by atoms with Gasteiger partial charge in [0.1, 0.15) is 5.75 Å². The average molecular weight is 406 g/mol. The van der Waals surface area contributed by atoms with Crippen LogP contribution in [-0.4, -0.2) is 51.3 Å². The van der Waals surface area contributed by atoms with Crippen molar-refractivity contribution >= 4 is 5.91 Å². The van der Waals surface area contributed by atoms with Crippen molar-refractivity contribution in [2.75, 3.05) is 33.9 Å². The van der Waals surface area contributed by atoms with E-state index in [-0.39, 0.29) is 11.7 Å². The summed E-state index contributed by atoms with van der Waals surface area (Å²) >= 11 is 0. The molecule has 3 rings (SSSR count). The maximum absolute atomic E-state index is 12.2. The van der Waals surface area contributed by atoms with E-state index in [9.17, 15) is 13.6 Å². The third kappa shape index (κ3) is 5.35. The third-order valence-electron chi connectivity index (χ3n) is 4.85. The van der Waals surface area contributed by atoms with Crippen LogP contribution in [0.5, 0.6) is 17.2 Å². The van der Waals surface area contributed by atoms with Crippen molar-refractivity contribution in [2.45, 2.75) is 19.6 Å². The second-order valence-corrected chi connectivity index (χ2v) is 6.66. The highest BCUT2D eigenvalue weighted by atomic mass is 19.3. The topological polar surface area (TPSA) is 60.0 Å². The molecule has 1 aliphatic heterocycles. The van der Waals surface area contributed by atoms with E-state index in [0.717, 1.165) is 25.3 Å². The van der Waals surface area contributed by atoms with Crippen LogP contribution in [0.2, 0.25) is 0 Å².